The van der Waals surface area contributed by atoms with Gasteiger partial charge in [-0.15, -0.1) is 0 Å². The average Bonchev–Trinajstić information content (AvgIpc) is 2.45. The van der Waals surface area contributed by atoms with E-state index in [0.717, 1.165) is 22.2 Å². The minimum Gasteiger partial charge on any atom is -0.243 e. The van der Waals surface area contributed by atoms with E-state index in [0.29, 0.717) is 16.4 Å². The van der Waals surface area contributed by atoms with Gasteiger partial charge in [0.15, 0.2) is 5.69 Å². The molecule has 20 heavy (non-hydrogen) atoms. The van der Waals surface area contributed by atoms with Gasteiger partial charge in [-0.2, -0.15) is 5.26 Å². The van der Waals surface area contributed by atoms with Crippen LogP contribution in [0.1, 0.15) is 11.3 Å². The van der Waals surface area contributed by atoms with E-state index < -0.39 is 0 Å². The van der Waals surface area contributed by atoms with E-state index in [9.17, 15) is 5.26 Å². The highest BCUT2D eigenvalue weighted by molar-refractivity contribution is 6.30. The van der Waals surface area contributed by atoms with Crippen molar-refractivity contribution in [3.05, 3.63) is 58.7 Å². The van der Waals surface area contributed by atoms with Gasteiger partial charge in [-0.25, -0.2) is 9.97 Å². The number of halogens is 1. The van der Waals surface area contributed by atoms with Crippen LogP contribution in [0, 0.1) is 18.3 Å². The van der Waals surface area contributed by atoms with E-state index in [1.807, 2.05) is 37.3 Å². The maximum atomic E-state index is 9.29. The summed E-state index contributed by atoms with van der Waals surface area (Å²) in [6.45, 7) is 1.98. The lowest BCUT2D eigenvalue weighted by Gasteiger charge is -2.06. The first kappa shape index (κ1) is 12.6. The molecular weight excluding hydrogens is 270 g/mol. The van der Waals surface area contributed by atoms with Crippen molar-refractivity contribution >= 4 is 22.6 Å². The van der Waals surface area contributed by atoms with Crippen LogP contribution in [0.5, 0.6) is 0 Å². The molecular formula is C16H10ClN3. The Labute approximate surface area is 121 Å². The van der Waals surface area contributed by atoms with Gasteiger partial charge >= 0.3 is 0 Å². The number of aryl methyl sites for hydroxylation is 1. The Kier molecular flexibility index (Phi) is 3.09. The number of hydrogen-bond donors (Lipinski definition) is 0. The molecule has 0 saturated carbocycles. The molecule has 0 saturated heterocycles. The van der Waals surface area contributed by atoms with Gasteiger partial charge in [0.1, 0.15) is 11.8 Å². The molecule has 96 valence electrons. The third-order valence-corrected chi connectivity index (χ3v) is 3.26. The second-order valence-corrected chi connectivity index (χ2v) is 4.97. The predicted octanol–water partition coefficient (Wildman–Crippen LogP) is 4.13. The van der Waals surface area contributed by atoms with Gasteiger partial charge in [0.25, 0.3) is 0 Å². The van der Waals surface area contributed by atoms with Crippen LogP contribution in [0.15, 0.2) is 42.5 Å². The minimum absolute atomic E-state index is 0.311. The summed E-state index contributed by atoms with van der Waals surface area (Å²) >= 11 is 6.00. The SMILES string of the molecule is Cc1ccc2nc(-c3cccc(Cl)c3)c(C#N)nc2c1. The van der Waals surface area contributed by atoms with Gasteiger partial charge in [-0.05, 0) is 36.8 Å². The molecule has 0 fully saturated rings. The molecule has 0 N–H and O–H groups in total. The minimum atomic E-state index is 0.311. The Hall–Kier alpha value is -2.44. The number of nitrogens with zero attached hydrogens (tertiary/aromatic N) is 3. The second-order valence-electron chi connectivity index (χ2n) is 4.54. The first-order valence-corrected chi connectivity index (χ1v) is 6.49. The van der Waals surface area contributed by atoms with Crippen molar-refractivity contribution in [3.8, 4) is 17.3 Å². The molecule has 0 bridgehead atoms. The van der Waals surface area contributed by atoms with Crippen molar-refractivity contribution in [1.29, 1.82) is 5.26 Å². The van der Waals surface area contributed by atoms with Crippen molar-refractivity contribution in [2.24, 2.45) is 0 Å². The van der Waals surface area contributed by atoms with Crippen molar-refractivity contribution in [2.45, 2.75) is 6.92 Å². The van der Waals surface area contributed by atoms with Gasteiger partial charge < -0.3 is 0 Å². The van der Waals surface area contributed by atoms with Crippen LogP contribution in [0.2, 0.25) is 5.02 Å². The number of rotatable bonds is 1. The van der Waals surface area contributed by atoms with Crippen molar-refractivity contribution in [3.63, 3.8) is 0 Å². The molecule has 1 heterocycles. The third-order valence-electron chi connectivity index (χ3n) is 3.02. The summed E-state index contributed by atoms with van der Waals surface area (Å²) in [5.41, 5.74) is 4.25. The molecule has 0 unspecified atom stereocenters. The van der Waals surface area contributed by atoms with Gasteiger partial charge in [0.2, 0.25) is 0 Å². The standard InChI is InChI=1S/C16H10ClN3/c1-10-5-6-13-14(7-10)19-15(9-18)16(20-13)11-3-2-4-12(17)8-11/h2-8H,1H3. The van der Waals surface area contributed by atoms with E-state index in [1.54, 1.807) is 12.1 Å². The summed E-state index contributed by atoms with van der Waals surface area (Å²) < 4.78 is 0. The number of fused-ring (bicyclic) bond motifs is 1. The molecule has 0 amide bonds. The molecule has 0 atom stereocenters. The molecule has 3 rings (SSSR count). The van der Waals surface area contributed by atoms with Gasteiger partial charge in [0, 0.05) is 10.6 Å². The predicted molar refractivity (Wildman–Crippen MR) is 79.4 cm³/mol. The lowest BCUT2D eigenvalue weighted by molar-refractivity contribution is 1.24. The fraction of sp³-hybridized carbons (Fsp3) is 0.0625. The fourth-order valence-electron chi connectivity index (χ4n) is 2.08. The Morgan fingerprint density at radius 2 is 1.90 bits per heavy atom. The third kappa shape index (κ3) is 2.22. The van der Waals surface area contributed by atoms with Crippen LogP contribution >= 0.6 is 11.6 Å². The zero-order valence-electron chi connectivity index (χ0n) is 10.8. The summed E-state index contributed by atoms with van der Waals surface area (Å²) in [6, 6.07) is 15.2. The van der Waals surface area contributed by atoms with Crippen LogP contribution < -0.4 is 0 Å². The Morgan fingerprint density at radius 1 is 1.05 bits per heavy atom. The second kappa shape index (κ2) is 4.92. The maximum absolute atomic E-state index is 9.29. The Morgan fingerprint density at radius 3 is 2.65 bits per heavy atom. The molecule has 2 aromatic carbocycles. The summed E-state index contributed by atoms with van der Waals surface area (Å²) in [6.07, 6.45) is 0. The molecule has 3 aromatic rings. The van der Waals surface area contributed by atoms with Crippen LogP contribution in [0.3, 0.4) is 0 Å². The molecule has 0 radical (unpaired) electrons. The molecule has 4 heteroatoms. The van der Waals surface area contributed by atoms with E-state index >= 15 is 0 Å². The fourth-order valence-corrected chi connectivity index (χ4v) is 2.27. The van der Waals surface area contributed by atoms with Crippen molar-refractivity contribution in [1.82, 2.24) is 9.97 Å². The topological polar surface area (TPSA) is 49.6 Å². The molecule has 0 spiro atoms. The van der Waals surface area contributed by atoms with Crippen LogP contribution in [-0.2, 0) is 0 Å². The first-order chi connectivity index (χ1) is 9.67. The summed E-state index contributed by atoms with van der Waals surface area (Å²) in [5.74, 6) is 0. The summed E-state index contributed by atoms with van der Waals surface area (Å²) in [4.78, 5) is 8.95. The van der Waals surface area contributed by atoms with E-state index in [-0.39, 0.29) is 0 Å². The van der Waals surface area contributed by atoms with Crippen LogP contribution in [-0.4, -0.2) is 9.97 Å². The number of nitriles is 1. The normalized spacial score (nSPS) is 10.4. The zero-order chi connectivity index (χ0) is 14.1. The van der Waals surface area contributed by atoms with Crippen LogP contribution in [0.25, 0.3) is 22.3 Å². The Balaban J connectivity index is 2.30. The number of benzene rings is 2. The van der Waals surface area contributed by atoms with E-state index in [1.165, 1.54) is 0 Å². The van der Waals surface area contributed by atoms with Gasteiger partial charge in [-0.1, -0.05) is 29.8 Å². The van der Waals surface area contributed by atoms with Gasteiger partial charge in [0.05, 0.1) is 11.0 Å². The highest BCUT2D eigenvalue weighted by atomic mass is 35.5. The average molecular weight is 280 g/mol. The highest BCUT2D eigenvalue weighted by Crippen LogP contribution is 2.25. The monoisotopic (exact) mass is 279 g/mol. The number of aromatic nitrogens is 2. The Bertz CT molecular complexity index is 850. The van der Waals surface area contributed by atoms with Crippen molar-refractivity contribution < 1.29 is 0 Å². The maximum Gasteiger partial charge on any atom is 0.167 e. The molecule has 0 aliphatic heterocycles. The highest BCUT2D eigenvalue weighted by Gasteiger charge is 2.11. The lowest BCUT2D eigenvalue weighted by atomic mass is 10.1. The molecule has 0 aliphatic carbocycles. The van der Waals surface area contributed by atoms with E-state index in [2.05, 4.69) is 16.0 Å². The molecule has 3 nitrogen and oxygen atoms in total. The summed E-state index contributed by atoms with van der Waals surface area (Å²) in [5, 5.41) is 9.90. The van der Waals surface area contributed by atoms with Crippen LogP contribution in [0.4, 0.5) is 0 Å². The summed E-state index contributed by atoms with van der Waals surface area (Å²) in [7, 11) is 0. The van der Waals surface area contributed by atoms with Crippen molar-refractivity contribution in [2.75, 3.05) is 0 Å². The van der Waals surface area contributed by atoms with Gasteiger partial charge in [-0.3, -0.25) is 0 Å². The largest absolute Gasteiger partial charge is 0.243 e. The zero-order valence-corrected chi connectivity index (χ0v) is 11.5. The van der Waals surface area contributed by atoms with E-state index in [4.69, 9.17) is 11.6 Å². The molecule has 1 aromatic heterocycles. The smallest absolute Gasteiger partial charge is 0.167 e. The molecule has 0 aliphatic rings. The quantitative estimate of drug-likeness (QED) is 0.673. The lowest BCUT2D eigenvalue weighted by Crippen LogP contribution is -1.95. The first-order valence-electron chi connectivity index (χ1n) is 6.12. The number of hydrogen-bond acceptors (Lipinski definition) is 3.